The molecule has 2 unspecified atom stereocenters. The molecule has 4 rings (SSSR count). The molecule has 0 spiro atoms. The SMILES string of the molecule is Cc1ccc(C2NCCN(Cc3ccccc3)C2c2ccc(C)cc2)cc1. The van der Waals surface area contributed by atoms with Crippen molar-refractivity contribution in [3.8, 4) is 0 Å². The monoisotopic (exact) mass is 356 g/mol. The minimum absolute atomic E-state index is 0.297. The number of benzene rings is 3. The van der Waals surface area contributed by atoms with E-state index in [4.69, 9.17) is 0 Å². The number of rotatable bonds is 4. The topological polar surface area (TPSA) is 15.3 Å². The lowest BCUT2D eigenvalue weighted by molar-refractivity contribution is 0.111. The van der Waals surface area contributed by atoms with E-state index in [0.717, 1.165) is 19.6 Å². The maximum Gasteiger partial charge on any atom is 0.0547 e. The van der Waals surface area contributed by atoms with Crippen LogP contribution in [0.5, 0.6) is 0 Å². The molecule has 0 aliphatic carbocycles. The Labute approximate surface area is 162 Å². The van der Waals surface area contributed by atoms with Gasteiger partial charge >= 0.3 is 0 Å². The molecule has 1 heterocycles. The van der Waals surface area contributed by atoms with Crippen molar-refractivity contribution in [3.05, 3.63) is 107 Å². The van der Waals surface area contributed by atoms with Gasteiger partial charge < -0.3 is 5.32 Å². The van der Waals surface area contributed by atoms with Gasteiger partial charge in [-0.1, -0.05) is 90.0 Å². The Kier molecular flexibility index (Phi) is 5.38. The number of nitrogens with one attached hydrogen (secondary N) is 1. The van der Waals surface area contributed by atoms with E-state index in [1.807, 2.05) is 0 Å². The van der Waals surface area contributed by atoms with E-state index in [2.05, 4.69) is 103 Å². The van der Waals surface area contributed by atoms with Crippen LogP contribution in [0.2, 0.25) is 0 Å². The van der Waals surface area contributed by atoms with Crippen molar-refractivity contribution < 1.29 is 0 Å². The lowest BCUT2D eigenvalue weighted by Gasteiger charge is -2.43. The molecule has 0 bridgehead atoms. The Morgan fingerprint density at radius 2 is 1.37 bits per heavy atom. The van der Waals surface area contributed by atoms with Crippen molar-refractivity contribution in [3.63, 3.8) is 0 Å². The van der Waals surface area contributed by atoms with E-state index in [1.54, 1.807) is 0 Å². The molecule has 3 aromatic rings. The molecule has 0 radical (unpaired) electrons. The van der Waals surface area contributed by atoms with Gasteiger partial charge in [-0.15, -0.1) is 0 Å². The fourth-order valence-electron chi connectivity index (χ4n) is 4.06. The molecule has 2 atom stereocenters. The second kappa shape index (κ2) is 8.08. The molecule has 2 heteroatoms. The largest absolute Gasteiger partial charge is 0.307 e. The summed E-state index contributed by atoms with van der Waals surface area (Å²) in [5.41, 5.74) is 6.74. The summed E-state index contributed by atoms with van der Waals surface area (Å²) in [5, 5.41) is 3.79. The maximum atomic E-state index is 3.79. The molecule has 1 fully saturated rings. The van der Waals surface area contributed by atoms with E-state index in [0.29, 0.717) is 12.1 Å². The predicted molar refractivity (Wildman–Crippen MR) is 113 cm³/mol. The standard InChI is InChI=1S/C25H28N2/c1-19-8-12-22(13-9-19)24-25(23-14-10-20(2)11-15-23)27(17-16-26-24)18-21-6-4-3-5-7-21/h3-15,24-26H,16-18H2,1-2H3. The number of piperazine rings is 1. The van der Waals surface area contributed by atoms with E-state index < -0.39 is 0 Å². The van der Waals surface area contributed by atoms with Crippen LogP contribution in [-0.2, 0) is 6.54 Å². The maximum absolute atomic E-state index is 3.79. The lowest BCUT2D eigenvalue weighted by Crippen LogP contribution is -2.47. The quantitative estimate of drug-likeness (QED) is 0.692. The summed E-state index contributed by atoms with van der Waals surface area (Å²) in [5.74, 6) is 0. The zero-order valence-electron chi connectivity index (χ0n) is 16.2. The van der Waals surface area contributed by atoms with Crippen LogP contribution >= 0.6 is 0 Å². The molecule has 1 N–H and O–H groups in total. The minimum atomic E-state index is 0.297. The van der Waals surface area contributed by atoms with E-state index in [9.17, 15) is 0 Å². The zero-order chi connectivity index (χ0) is 18.6. The van der Waals surface area contributed by atoms with Crippen molar-refractivity contribution in [1.82, 2.24) is 10.2 Å². The highest BCUT2D eigenvalue weighted by atomic mass is 15.2. The summed E-state index contributed by atoms with van der Waals surface area (Å²) in [6.07, 6.45) is 0. The zero-order valence-corrected chi connectivity index (χ0v) is 16.2. The Morgan fingerprint density at radius 3 is 2.00 bits per heavy atom. The van der Waals surface area contributed by atoms with Crippen LogP contribution in [0.3, 0.4) is 0 Å². The first-order chi connectivity index (χ1) is 13.2. The van der Waals surface area contributed by atoms with Gasteiger partial charge in [0.05, 0.1) is 12.1 Å². The van der Waals surface area contributed by atoms with Gasteiger partial charge in [-0.3, -0.25) is 4.90 Å². The highest BCUT2D eigenvalue weighted by Gasteiger charge is 2.33. The summed E-state index contributed by atoms with van der Waals surface area (Å²) >= 11 is 0. The molecule has 1 aliphatic heterocycles. The third kappa shape index (κ3) is 4.13. The first-order valence-corrected chi connectivity index (χ1v) is 9.85. The number of aryl methyl sites for hydroxylation is 2. The van der Waals surface area contributed by atoms with Crippen LogP contribution in [0, 0.1) is 13.8 Å². The Balaban J connectivity index is 1.70. The molecule has 0 aromatic heterocycles. The van der Waals surface area contributed by atoms with Crippen LogP contribution in [0.25, 0.3) is 0 Å². The Bertz CT molecular complexity index is 853. The lowest BCUT2D eigenvalue weighted by atomic mass is 9.89. The average molecular weight is 357 g/mol. The van der Waals surface area contributed by atoms with Crippen LogP contribution in [0.1, 0.15) is 39.9 Å². The summed E-state index contributed by atoms with van der Waals surface area (Å²) in [6.45, 7) is 7.34. The van der Waals surface area contributed by atoms with Gasteiger partial charge in [0.1, 0.15) is 0 Å². The normalized spacial score (nSPS) is 20.5. The third-order valence-corrected chi connectivity index (χ3v) is 5.56. The molecule has 0 saturated carbocycles. The van der Waals surface area contributed by atoms with Gasteiger partial charge in [0.25, 0.3) is 0 Å². The second-order valence-corrected chi connectivity index (χ2v) is 7.65. The third-order valence-electron chi connectivity index (χ3n) is 5.56. The van der Waals surface area contributed by atoms with E-state index in [1.165, 1.54) is 27.8 Å². The van der Waals surface area contributed by atoms with Gasteiger partial charge in [0, 0.05) is 19.6 Å². The van der Waals surface area contributed by atoms with Crippen molar-refractivity contribution >= 4 is 0 Å². The predicted octanol–water partition coefficient (Wildman–Crippen LogP) is 5.19. The van der Waals surface area contributed by atoms with Gasteiger partial charge in [-0.2, -0.15) is 0 Å². The molecule has 2 nitrogen and oxygen atoms in total. The summed E-state index contributed by atoms with van der Waals surface area (Å²) in [4.78, 5) is 2.63. The molecule has 138 valence electrons. The molecule has 1 aliphatic rings. The summed E-state index contributed by atoms with van der Waals surface area (Å²) < 4.78 is 0. The Morgan fingerprint density at radius 1 is 0.778 bits per heavy atom. The smallest absolute Gasteiger partial charge is 0.0547 e. The van der Waals surface area contributed by atoms with Gasteiger partial charge in [0.2, 0.25) is 0 Å². The van der Waals surface area contributed by atoms with Crippen LogP contribution in [0.4, 0.5) is 0 Å². The van der Waals surface area contributed by atoms with E-state index >= 15 is 0 Å². The number of hydrogen-bond donors (Lipinski definition) is 1. The molecule has 3 aromatic carbocycles. The molecule has 27 heavy (non-hydrogen) atoms. The van der Waals surface area contributed by atoms with Gasteiger partial charge in [0.15, 0.2) is 0 Å². The fourth-order valence-corrected chi connectivity index (χ4v) is 4.06. The second-order valence-electron chi connectivity index (χ2n) is 7.65. The van der Waals surface area contributed by atoms with Crippen LogP contribution in [-0.4, -0.2) is 18.0 Å². The number of nitrogens with zero attached hydrogens (tertiary/aromatic N) is 1. The van der Waals surface area contributed by atoms with Crippen molar-refractivity contribution in [1.29, 1.82) is 0 Å². The van der Waals surface area contributed by atoms with Gasteiger partial charge in [-0.25, -0.2) is 0 Å². The van der Waals surface area contributed by atoms with Crippen molar-refractivity contribution in [2.45, 2.75) is 32.5 Å². The first-order valence-electron chi connectivity index (χ1n) is 9.85. The van der Waals surface area contributed by atoms with Crippen LogP contribution in [0.15, 0.2) is 78.9 Å². The summed E-state index contributed by atoms with van der Waals surface area (Å²) in [6, 6.07) is 29.5. The molecular weight excluding hydrogens is 328 g/mol. The number of hydrogen-bond acceptors (Lipinski definition) is 2. The highest BCUT2D eigenvalue weighted by molar-refractivity contribution is 5.32. The average Bonchev–Trinajstić information content (AvgIpc) is 2.70. The summed E-state index contributed by atoms with van der Waals surface area (Å²) in [7, 11) is 0. The Hall–Kier alpha value is -2.42. The molecule has 0 amide bonds. The van der Waals surface area contributed by atoms with E-state index in [-0.39, 0.29) is 0 Å². The van der Waals surface area contributed by atoms with Crippen LogP contribution < -0.4 is 5.32 Å². The van der Waals surface area contributed by atoms with Gasteiger partial charge in [-0.05, 0) is 30.5 Å². The fraction of sp³-hybridized carbons (Fsp3) is 0.280. The van der Waals surface area contributed by atoms with Crippen molar-refractivity contribution in [2.24, 2.45) is 0 Å². The molecular formula is C25H28N2. The first kappa shape index (κ1) is 18.0. The highest BCUT2D eigenvalue weighted by Crippen LogP contribution is 2.37. The van der Waals surface area contributed by atoms with Crippen molar-refractivity contribution in [2.75, 3.05) is 13.1 Å². The minimum Gasteiger partial charge on any atom is -0.307 e. The molecule has 1 saturated heterocycles.